The van der Waals surface area contributed by atoms with Crippen LogP contribution in [0.15, 0.2) is 18.2 Å². The highest BCUT2D eigenvalue weighted by Crippen LogP contribution is 2.29. The summed E-state index contributed by atoms with van der Waals surface area (Å²) in [7, 11) is 4.19. The van der Waals surface area contributed by atoms with Crippen LogP contribution >= 0.6 is 0 Å². The minimum atomic E-state index is -0.123. The van der Waals surface area contributed by atoms with Gasteiger partial charge in [-0.15, -0.1) is 0 Å². The Morgan fingerprint density at radius 3 is 2.85 bits per heavy atom. The quantitative estimate of drug-likeness (QED) is 0.917. The second-order valence-electron chi connectivity index (χ2n) is 6.13. The molecule has 112 valence electrons. The van der Waals surface area contributed by atoms with Crippen LogP contribution < -0.4 is 10.6 Å². The maximum atomic E-state index is 14.3. The molecule has 0 bridgehead atoms. The molecule has 1 fully saturated rings. The molecule has 2 N–H and O–H groups in total. The van der Waals surface area contributed by atoms with Crippen molar-refractivity contribution in [3.8, 4) is 0 Å². The van der Waals surface area contributed by atoms with E-state index in [2.05, 4.69) is 23.9 Å². The minimum absolute atomic E-state index is 0.0463. The van der Waals surface area contributed by atoms with Gasteiger partial charge in [-0.05, 0) is 51.9 Å². The lowest BCUT2D eigenvalue weighted by Crippen LogP contribution is -2.45. The van der Waals surface area contributed by atoms with Crippen molar-refractivity contribution in [2.75, 3.05) is 32.1 Å². The summed E-state index contributed by atoms with van der Waals surface area (Å²) >= 11 is 0. The Morgan fingerprint density at radius 2 is 2.20 bits per heavy atom. The standard InChI is InChI=1S/C16H26FN3/c1-12(18)10-13-6-4-8-15(17)16(13)20-9-5-7-14(11-20)19(2)3/h4,6,8,12,14H,5,7,9-11,18H2,1-3H3. The molecule has 0 spiro atoms. The Kier molecular flexibility index (Phi) is 5.00. The summed E-state index contributed by atoms with van der Waals surface area (Å²) in [6.45, 7) is 3.78. The van der Waals surface area contributed by atoms with Crippen molar-refractivity contribution in [2.45, 2.75) is 38.3 Å². The van der Waals surface area contributed by atoms with Gasteiger partial charge in [0, 0.05) is 25.2 Å². The molecule has 4 heteroatoms. The lowest BCUT2D eigenvalue weighted by atomic mass is 10.00. The Balaban J connectivity index is 2.26. The molecule has 2 unspecified atom stereocenters. The van der Waals surface area contributed by atoms with Gasteiger partial charge in [0.15, 0.2) is 0 Å². The number of piperidine rings is 1. The van der Waals surface area contributed by atoms with Crippen LogP contribution in [0.2, 0.25) is 0 Å². The Hall–Kier alpha value is -1.13. The molecular formula is C16H26FN3. The van der Waals surface area contributed by atoms with E-state index in [1.165, 1.54) is 6.42 Å². The van der Waals surface area contributed by atoms with Crippen molar-refractivity contribution in [1.82, 2.24) is 4.90 Å². The van der Waals surface area contributed by atoms with E-state index < -0.39 is 0 Å². The number of para-hydroxylation sites is 1. The third-order valence-corrected chi connectivity index (χ3v) is 4.06. The van der Waals surface area contributed by atoms with Gasteiger partial charge in [-0.1, -0.05) is 12.1 Å². The lowest BCUT2D eigenvalue weighted by Gasteiger charge is -2.38. The zero-order chi connectivity index (χ0) is 14.7. The highest BCUT2D eigenvalue weighted by Gasteiger charge is 2.25. The van der Waals surface area contributed by atoms with Crippen LogP contribution in [0.3, 0.4) is 0 Å². The molecule has 1 saturated heterocycles. The monoisotopic (exact) mass is 279 g/mol. The Morgan fingerprint density at radius 1 is 1.45 bits per heavy atom. The van der Waals surface area contributed by atoms with Crippen LogP contribution in [-0.4, -0.2) is 44.2 Å². The number of nitrogens with zero attached hydrogens (tertiary/aromatic N) is 2. The normalized spacial score (nSPS) is 21.3. The van der Waals surface area contributed by atoms with E-state index in [1.54, 1.807) is 12.1 Å². The number of rotatable bonds is 4. The SMILES string of the molecule is CC(N)Cc1cccc(F)c1N1CCCC(N(C)C)C1. The average molecular weight is 279 g/mol. The molecule has 0 saturated carbocycles. The molecule has 2 atom stereocenters. The fourth-order valence-electron chi connectivity index (χ4n) is 3.01. The second-order valence-corrected chi connectivity index (χ2v) is 6.13. The third-order valence-electron chi connectivity index (χ3n) is 4.06. The zero-order valence-electron chi connectivity index (χ0n) is 12.8. The number of anilines is 1. The fourth-order valence-corrected chi connectivity index (χ4v) is 3.01. The molecule has 20 heavy (non-hydrogen) atoms. The van der Waals surface area contributed by atoms with E-state index in [4.69, 9.17) is 5.73 Å². The van der Waals surface area contributed by atoms with Crippen molar-refractivity contribution >= 4 is 5.69 Å². The van der Waals surface area contributed by atoms with Crippen molar-refractivity contribution in [1.29, 1.82) is 0 Å². The molecule has 1 heterocycles. The van der Waals surface area contributed by atoms with Crippen LogP contribution in [0.4, 0.5) is 10.1 Å². The number of hydrogen-bond acceptors (Lipinski definition) is 3. The highest BCUT2D eigenvalue weighted by atomic mass is 19.1. The fraction of sp³-hybridized carbons (Fsp3) is 0.625. The number of nitrogens with two attached hydrogens (primary N) is 1. The van der Waals surface area contributed by atoms with E-state index in [0.29, 0.717) is 6.04 Å². The van der Waals surface area contributed by atoms with E-state index in [0.717, 1.165) is 37.2 Å². The molecule has 2 rings (SSSR count). The number of halogens is 1. The predicted molar refractivity (Wildman–Crippen MR) is 82.7 cm³/mol. The minimum Gasteiger partial charge on any atom is -0.367 e. The highest BCUT2D eigenvalue weighted by molar-refractivity contribution is 5.55. The first-order valence-corrected chi connectivity index (χ1v) is 7.43. The summed E-state index contributed by atoms with van der Waals surface area (Å²) < 4.78 is 14.3. The summed E-state index contributed by atoms with van der Waals surface area (Å²) in [5, 5.41) is 0. The molecule has 1 aromatic carbocycles. The molecule has 1 aliphatic heterocycles. The van der Waals surface area contributed by atoms with E-state index in [-0.39, 0.29) is 11.9 Å². The first-order valence-electron chi connectivity index (χ1n) is 7.43. The number of hydrogen-bond donors (Lipinski definition) is 1. The number of likely N-dealkylation sites (N-methyl/N-ethyl adjacent to an activating group) is 1. The van der Waals surface area contributed by atoms with Gasteiger partial charge < -0.3 is 15.5 Å². The summed E-state index contributed by atoms with van der Waals surface area (Å²) in [6.07, 6.45) is 3.01. The first-order chi connectivity index (χ1) is 9.49. The van der Waals surface area contributed by atoms with Gasteiger partial charge >= 0.3 is 0 Å². The van der Waals surface area contributed by atoms with E-state index in [9.17, 15) is 4.39 Å². The van der Waals surface area contributed by atoms with Crippen molar-refractivity contribution in [3.63, 3.8) is 0 Å². The largest absolute Gasteiger partial charge is 0.367 e. The van der Waals surface area contributed by atoms with Crippen molar-refractivity contribution in [2.24, 2.45) is 5.73 Å². The summed E-state index contributed by atoms with van der Waals surface area (Å²) in [5.74, 6) is -0.123. The molecule has 1 aromatic rings. The summed E-state index contributed by atoms with van der Waals surface area (Å²) in [4.78, 5) is 4.43. The van der Waals surface area contributed by atoms with Crippen LogP contribution in [0.25, 0.3) is 0 Å². The molecule has 0 aliphatic carbocycles. The summed E-state index contributed by atoms with van der Waals surface area (Å²) in [6, 6.07) is 5.88. The van der Waals surface area contributed by atoms with Crippen LogP contribution in [0.1, 0.15) is 25.3 Å². The molecule has 3 nitrogen and oxygen atoms in total. The van der Waals surface area contributed by atoms with Crippen LogP contribution in [-0.2, 0) is 6.42 Å². The Bertz CT molecular complexity index is 445. The Labute approximate surface area is 121 Å². The summed E-state index contributed by atoms with van der Waals surface area (Å²) in [5.41, 5.74) is 7.69. The molecule has 0 radical (unpaired) electrons. The van der Waals surface area contributed by atoms with Crippen molar-refractivity contribution in [3.05, 3.63) is 29.6 Å². The van der Waals surface area contributed by atoms with Gasteiger partial charge in [-0.2, -0.15) is 0 Å². The van der Waals surface area contributed by atoms with Crippen LogP contribution in [0, 0.1) is 5.82 Å². The van der Waals surface area contributed by atoms with Gasteiger partial charge in [-0.25, -0.2) is 4.39 Å². The maximum absolute atomic E-state index is 14.3. The zero-order valence-corrected chi connectivity index (χ0v) is 12.8. The molecule has 0 aromatic heterocycles. The molecular weight excluding hydrogens is 253 g/mol. The lowest BCUT2D eigenvalue weighted by molar-refractivity contribution is 0.257. The third kappa shape index (κ3) is 3.49. The first kappa shape index (κ1) is 15.3. The van der Waals surface area contributed by atoms with E-state index in [1.807, 2.05) is 13.0 Å². The predicted octanol–water partition coefficient (Wildman–Crippen LogP) is 2.25. The molecule has 1 aliphatic rings. The topological polar surface area (TPSA) is 32.5 Å². The van der Waals surface area contributed by atoms with Crippen molar-refractivity contribution < 1.29 is 4.39 Å². The van der Waals surface area contributed by atoms with Gasteiger partial charge in [0.2, 0.25) is 0 Å². The maximum Gasteiger partial charge on any atom is 0.146 e. The molecule has 0 amide bonds. The number of benzene rings is 1. The van der Waals surface area contributed by atoms with Gasteiger partial charge in [0.25, 0.3) is 0 Å². The van der Waals surface area contributed by atoms with Crippen LogP contribution in [0.5, 0.6) is 0 Å². The average Bonchev–Trinajstić information content (AvgIpc) is 2.38. The van der Waals surface area contributed by atoms with Gasteiger partial charge in [0.1, 0.15) is 5.82 Å². The second kappa shape index (κ2) is 6.55. The van der Waals surface area contributed by atoms with Gasteiger partial charge in [0.05, 0.1) is 5.69 Å². The van der Waals surface area contributed by atoms with E-state index >= 15 is 0 Å². The smallest absolute Gasteiger partial charge is 0.146 e. The van der Waals surface area contributed by atoms with Gasteiger partial charge in [-0.3, -0.25) is 0 Å².